The summed E-state index contributed by atoms with van der Waals surface area (Å²) in [5.41, 5.74) is 7.29. The Bertz CT molecular complexity index is 1400. The van der Waals surface area contributed by atoms with Crippen molar-refractivity contribution < 1.29 is 27.6 Å². The van der Waals surface area contributed by atoms with Crippen molar-refractivity contribution in [3.05, 3.63) is 35.2 Å². The van der Waals surface area contributed by atoms with E-state index in [9.17, 15) is 18.2 Å². The van der Waals surface area contributed by atoms with E-state index < -0.39 is 20.4 Å². The maximum atomic E-state index is 11.7. The molecule has 0 spiro atoms. The predicted octanol–water partition coefficient (Wildman–Crippen LogP) is 4.48. The molecule has 0 fully saturated rings. The highest BCUT2D eigenvalue weighted by Gasteiger charge is 2.28. The molecule has 13 nitrogen and oxygen atoms in total. The number of nitrogens with zero attached hydrogens (tertiary/aromatic N) is 6. The Morgan fingerprint density at radius 2 is 2.03 bits per heavy atom. The van der Waals surface area contributed by atoms with Crippen LogP contribution in [-0.2, 0) is 24.9 Å². The number of azo groups is 1. The molecule has 0 atom stereocenters. The van der Waals surface area contributed by atoms with Gasteiger partial charge in [-0.05, 0) is 36.7 Å². The second kappa shape index (κ2) is 9.76. The second-order valence-corrected chi connectivity index (χ2v) is 10.8. The molecule has 2 heterocycles. The number of benzene rings is 1. The molecule has 3 rings (SSSR count). The van der Waals surface area contributed by atoms with Crippen LogP contribution >= 0.6 is 23.6 Å². The van der Waals surface area contributed by atoms with E-state index in [2.05, 4.69) is 29.1 Å². The minimum absolute atomic E-state index is 0.00678. The number of nitrogens with two attached hydrogens (primary N) is 1. The zero-order chi connectivity index (χ0) is 25.3. The quantitative estimate of drug-likeness (QED) is 0.129. The lowest BCUT2D eigenvalue weighted by atomic mass is 9.91. The number of anilines is 1. The Morgan fingerprint density at radius 1 is 1.32 bits per heavy atom. The summed E-state index contributed by atoms with van der Waals surface area (Å²) in [4.78, 5) is -0.185. The number of nitrogen functional groups attached to an aromatic ring is 1. The van der Waals surface area contributed by atoms with Gasteiger partial charge in [0.25, 0.3) is 10.1 Å². The average molecular weight is 526 g/mol. The van der Waals surface area contributed by atoms with Crippen molar-refractivity contribution in [2.24, 2.45) is 10.2 Å². The molecule has 3 aromatic rings. The Morgan fingerprint density at radius 3 is 2.62 bits per heavy atom. The van der Waals surface area contributed by atoms with Crippen molar-refractivity contribution in [1.29, 1.82) is 5.26 Å². The van der Waals surface area contributed by atoms with E-state index in [0.717, 1.165) is 23.7 Å². The third kappa shape index (κ3) is 5.26. The number of hydrogen-bond acceptors (Lipinski definition) is 13. The van der Waals surface area contributed by atoms with Gasteiger partial charge in [0.2, 0.25) is 0 Å². The van der Waals surface area contributed by atoms with Crippen molar-refractivity contribution in [3.63, 3.8) is 0 Å². The first kappa shape index (κ1) is 25.7. The summed E-state index contributed by atoms with van der Waals surface area (Å²) in [5, 5.41) is 34.7. The monoisotopic (exact) mass is 525 g/mol. The smallest absolute Gasteiger partial charge is 0.294 e. The number of rotatable bonds is 7. The van der Waals surface area contributed by atoms with Gasteiger partial charge in [0.15, 0.2) is 16.5 Å². The summed E-state index contributed by atoms with van der Waals surface area (Å²) in [7, 11) is -4.56. The van der Waals surface area contributed by atoms with Gasteiger partial charge in [-0.3, -0.25) is 4.55 Å². The number of nitriles is 1. The Kier molecular flexibility index (Phi) is 7.38. The molecule has 0 bridgehead atoms. The van der Waals surface area contributed by atoms with Gasteiger partial charge in [0.1, 0.15) is 11.6 Å². The van der Waals surface area contributed by atoms with Crippen molar-refractivity contribution in [3.8, 4) is 11.8 Å². The van der Waals surface area contributed by atoms with Gasteiger partial charge in [-0.25, -0.2) is 9.94 Å². The summed E-state index contributed by atoms with van der Waals surface area (Å²) in [6, 6.07) is 5.58. The van der Waals surface area contributed by atoms with E-state index >= 15 is 0 Å². The van der Waals surface area contributed by atoms with Crippen LogP contribution in [0, 0.1) is 18.3 Å². The number of hydrogen-bond donors (Lipinski definition) is 3. The molecule has 1 aromatic carbocycles. The van der Waals surface area contributed by atoms with E-state index in [1.165, 1.54) is 10.7 Å². The first-order valence-electron chi connectivity index (χ1n) is 9.32. The molecule has 2 aromatic heterocycles. The maximum Gasteiger partial charge on any atom is 0.294 e. The molecule has 34 heavy (non-hydrogen) atoms. The van der Waals surface area contributed by atoms with Gasteiger partial charge in [-0.1, -0.05) is 25.8 Å². The lowest BCUT2D eigenvalue weighted by Gasteiger charge is -2.15. The first-order chi connectivity index (χ1) is 15.9. The molecule has 0 aliphatic rings. The largest absolute Gasteiger partial charge is 0.382 e. The zero-order valence-electron chi connectivity index (χ0n) is 18.2. The Hall–Kier alpha value is -2.91. The van der Waals surface area contributed by atoms with Crippen LogP contribution in [0.15, 0.2) is 38.2 Å². The van der Waals surface area contributed by atoms with Crippen LogP contribution in [0.1, 0.15) is 37.7 Å². The third-order valence-electron chi connectivity index (χ3n) is 4.41. The van der Waals surface area contributed by atoms with E-state index in [1.807, 2.05) is 26.8 Å². The van der Waals surface area contributed by atoms with Gasteiger partial charge in [-0.15, -0.1) is 14.6 Å². The highest BCUT2D eigenvalue weighted by atomic mass is 32.2. The fourth-order valence-corrected chi connectivity index (χ4v) is 4.44. The fraction of sp³-hybridized carbons (Fsp3) is 0.278. The molecular formula is C18H19N7O6S3. The van der Waals surface area contributed by atoms with Crippen LogP contribution in [0.5, 0.6) is 0 Å². The topological polar surface area (TPSA) is 198 Å². The van der Waals surface area contributed by atoms with Crippen molar-refractivity contribution in [1.82, 2.24) is 14.2 Å². The maximum absolute atomic E-state index is 11.7. The summed E-state index contributed by atoms with van der Waals surface area (Å²) < 4.78 is 42.7. The molecule has 0 amide bonds. The zero-order valence-corrected chi connectivity index (χ0v) is 20.7. The van der Waals surface area contributed by atoms with Gasteiger partial charge in [0.05, 0.1) is 38.9 Å². The number of aryl methyl sites for hydroxylation is 1. The molecule has 4 N–H and O–H groups in total. The van der Waals surface area contributed by atoms with E-state index in [4.69, 9.17) is 11.0 Å². The molecule has 0 radical (unpaired) electrons. The van der Waals surface area contributed by atoms with Crippen molar-refractivity contribution in [2.75, 3.05) is 5.73 Å². The van der Waals surface area contributed by atoms with Crippen LogP contribution in [0.25, 0.3) is 5.69 Å². The van der Waals surface area contributed by atoms with E-state index in [1.54, 1.807) is 6.92 Å². The van der Waals surface area contributed by atoms with Gasteiger partial charge >= 0.3 is 0 Å². The van der Waals surface area contributed by atoms with Crippen LogP contribution < -0.4 is 5.73 Å². The summed E-state index contributed by atoms with van der Waals surface area (Å²) in [6.07, 6.45) is 0. The standard InChI is InChI=1S/C18H19N7O6S3/c1-9-11(8-19)17(32-24-9)22-21-14-15(18(2,3)4)23-25(16(14)20)12-7-10(34(27,28)29)5-6-13(12)33-31-30-26/h5-7,26H,20H2,1-4H3,(H,27,28,29). The molecule has 180 valence electrons. The van der Waals surface area contributed by atoms with Crippen molar-refractivity contribution >= 4 is 50.2 Å². The number of aromatic nitrogens is 3. The SMILES string of the molecule is Cc1nsc(N=Nc2c(C(C)(C)C)nn(-c3cc(S(=O)(=O)O)ccc3SOOO)c2N)c1C#N. The lowest BCUT2D eigenvalue weighted by Crippen LogP contribution is -2.13. The van der Waals surface area contributed by atoms with Gasteiger partial charge in [-0.2, -0.15) is 23.2 Å². The van der Waals surface area contributed by atoms with Crippen LogP contribution in [0.3, 0.4) is 0 Å². The Labute approximate surface area is 202 Å². The average Bonchev–Trinajstić information content (AvgIpc) is 3.28. The summed E-state index contributed by atoms with van der Waals surface area (Å²) >= 11 is 1.55. The molecule has 0 aliphatic heterocycles. The summed E-state index contributed by atoms with van der Waals surface area (Å²) in [5.74, 6) is -0.00678. The predicted molar refractivity (Wildman–Crippen MR) is 123 cm³/mol. The molecule has 0 aliphatic carbocycles. The first-order valence-corrected chi connectivity index (χ1v) is 12.3. The lowest BCUT2D eigenvalue weighted by molar-refractivity contribution is -0.432. The molecule has 16 heteroatoms. The summed E-state index contributed by atoms with van der Waals surface area (Å²) in [6.45, 7) is 7.27. The molecule has 0 saturated heterocycles. The highest BCUT2D eigenvalue weighted by molar-refractivity contribution is 7.94. The van der Waals surface area contributed by atoms with E-state index in [0.29, 0.717) is 28.4 Å². The molecule has 0 saturated carbocycles. The van der Waals surface area contributed by atoms with E-state index in [-0.39, 0.29) is 27.7 Å². The molecular weight excluding hydrogens is 506 g/mol. The Balaban J connectivity index is 2.24. The third-order valence-corrected chi connectivity index (χ3v) is 6.74. The van der Waals surface area contributed by atoms with Crippen LogP contribution in [-0.4, -0.2) is 32.4 Å². The van der Waals surface area contributed by atoms with Gasteiger partial charge < -0.3 is 5.73 Å². The highest BCUT2D eigenvalue weighted by Crippen LogP contribution is 2.40. The van der Waals surface area contributed by atoms with Crippen molar-refractivity contribution in [2.45, 2.75) is 42.9 Å². The molecule has 0 unspecified atom stereocenters. The van der Waals surface area contributed by atoms with Gasteiger partial charge in [0, 0.05) is 5.41 Å². The van der Waals surface area contributed by atoms with Crippen LogP contribution in [0.4, 0.5) is 16.5 Å². The second-order valence-electron chi connectivity index (χ2n) is 7.83. The normalized spacial score (nSPS) is 12.4. The fourth-order valence-electron chi connectivity index (χ4n) is 2.81. The minimum atomic E-state index is -4.56. The minimum Gasteiger partial charge on any atom is -0.382 e. The van der Waals surface area contributed by atoms with Crippen LogP contribution in [0.2, 0.25) is 0 Å².